The third-order valence-corrected chi connectivity index (χ3v) is 1.47. The van der Waals surface area contributed by atoms with E-state index in [1.54, 1.807) is 0 Å². The number of aliphatic hydroxyl groups excluding tert-OH is 4. The molecule has 4 N–H and O–H groups in total. The van der Waals surface area contributed by atoms with E-state index in [9.17, 15) is 0 Å². The average Bonchev–Trinajstić information content (AvgIpc) is 1.93. The smallest absolute Gasteiger partial charge is 0.183 e. The van der Waals surface area contributed by atoms with Crippen molar-refractivity contribution >= 4 is 0 Å². The largest absolute Gasteiger partial charge is 0.388 e. The highest BCUT2D eigenvalue weighted by Crippen LogP contribution is 2.12. The summed E-state index contributed by atoms with van der Waals surface area (Å²) >= 11 is 0. The fourth-order valence-electron chi connectivity index (χ4n) is 0.791. The standard InChI is InChI=1S/C5H10O5/c6-2-1-10-5(9)4(8)3(2)7/h2-9H,1H2/t2-,3+,4-,5?/m0/s1/i4+1. The SMILES string of the molecule is OC1OC[C@H](O)[C@@H](O)[13C@@H]1O. The molecule has 0 bridgehead atoms. The summed E-state index contributed by atoms with van der Waals surface area (Å²) < 4.78 is 4.47. The van der Waals surface area contributed by atoms with E-state index in [0.717, 1.165) is 0 Å². The topological polar surface area (TPSA) is 90.2 Å². The first-order chi connectivity index (χ1) is 4.63. The molecule has 60 valence electrons. The first kappa shape index (κ1) is 7.90. The van der Waals surface area contributed by atoms with Gasteiger partial charge in [-0.2, -0.15) is 0 Å². The molecule has 0 saturated carbocycles. The molecule has 10 heavy (non-hydrogen) atoms. The molecule has 1 rings (SSSR count). The van der Waals surface area contributed by atoms with Gasteiger partial charge in [-0.3, -0.25) is 0 Å². The van der Waals surface area contributed by atoms with Gasteiger partial charge in [-0.25, -0.2) is 0 Å². The Bertz CT molecular complexity index is 103. The molecule has 0 aromatic carbocycles. The molecule has 0 aliphatic carbocycles. The van der Waals surface area contributed by atoms with Gasteiger partial charge in [-0.05, 0) is 0 Å². The number of hydrogen-bond donors (Lipinski definition) is 4. The fourth-order valence-corrected chi connectivity index (χ4v) is 0.791. The van der Waals surface area contributed by atoms with Crippen molar-refractivity contribution < 1.29 is 25.2 Å². The molecule has 0 aromatic heterocycles. The van der Waals surface area contributed by atoms with Crippen molar-refractivity contribution in [2.75, 3.05) is 6.61 Å². The van der Waals surface area contributed by atoms with E-state index in [0.29, 0.717) is 0 Å². The van der Waals surface area contributed by atoms with E-state index in [2.05, 4.69) is 4.74 Å². The Balaban J connectivity index is 2.52. The second kappa shape index (κ2) is 2.81. The molecular weight excluding hydrogens is 141 g/mol. The van der Waals surface area contributed by atoms with Crippen molar-refractivity contribution in [3.05, 3.63) is 0 Å². The van der Waals surface area contributed by atoms with E-state index in [1.165, 1.54) is 0 Å². The maximum atomic E-state index is 8.88. The summed E-state index contributed by atoms with van der Waals surface area (Å²) in [5.74, 6) is 0. The molecule has 0 spiro atoms. The molecule has 0 amide bonds. The van der Waals surface area contributed by atoms with E-state index < -0.39 is 24.6 Å². The Morgan fingerprint density at radius 1 is 1.00 bits per heavy atom. The van der Waals surface area contributed by atoms with Crippen LogP contribution in [0.25, 0.3) is 0 Å². The molecule has 5 heteroatoms. The molecule has 1 aliphatic rings. The second-order valence-electron chi connectivity index (χ2n) is 2.27. The third-order valence-electron chi connectivity index (χ3n) is 1.47. The van der Waals surface area contributed by atoms with Crippen LogP contribution < -0.4 is 0 Å². The molecule has 1 aliphatic heterocycles. The number of rotatable bonds is 0. The summed E-state index contributed by atoms with van der Waals surface area (Å²) in [6.07, 6.45) is -5.23. The summed E-state index contributed by atoms with van der Waals surface area (Å²) in [4.78, 5) is 0. The zero-order valence-corrected chi connectivity index (χ0v) is 5.21. The zero-order chi connectivity index (χ0) is 7.72. The highest BCUT2D eigenvalue weighted by molar-refractivity contribution is 4.81. The summed E-state index contributed by atoms with van der Waals surface area (Å²) in [5, 5.41) is 35.3. The Kier molecular flexibility index (Phi) is 2.22. The molecule has 0 aromatic rings. The van der Waals surface area contributed by atoms with Crippen molar-refractivity contribution in [2.45, 2.75) is 24.6 Å². The second-order valence-corrected chi connectivity index (χ2v) is 2.27. The van der Waals surface area contributed by atoms with Crippen molar-refractivity contribution in [1.82, 2.24) is 0 Å². The average molecular weight is 151 g/mol. The molecule has 5 nitrogen and oxygen atoms in total. The Morgan fingerprint density at radius 2 is 1.60 bits per heavy atom. The Hall–Kier alpha value is -0.200. The lowest BCUT2D eigenvalue weighted by atomic mass is 10.2. The van der Waals surface area contributed by atoms with E-state index >= 15 is 0 Å². The van der Waals surface area contributed by atoms with Crippen LogP contribution in [0.5, 0.6) is 0 Å². The lowest BCUT2D eigenvalue weighted by molar-refractivity contribution is -0.252. The molecule has 1 saturated heterocycles. The number of ether oxygens (including phenoxy) is 1. The van der Waals surface area contributed by atoms with Crippen molar-refractivity contribution in [1.29, 1.82) is 0 Å². The van der Waals surface area contributed by atoms with Crippen LogP contribution in [0.15, 0.2) is 0 Å². The molecule has 0 radical (unpaired) electrons. The van der Waals surface area contributed by atoms with Crippen molar-refractivity contribution in [3.8, 4) is 0 Å². The lowest BCUT2D eigenvalue weighted by Gasteiger charge is -2.31. The van der Waals surface area contributed by atoms with E-state index in [4.69, 9.17) is 20.4 Å². The minimum Gasteiger partial charge on any atom is -0.388 e. The van der Waals surface area contributed by atoms with Gasteiger partial charge in [0.25, 0.3) is 0 Å². The van der Waals surface area contributed by atoms with Gasteiger partial charge in [0.2, 0.25) is 0 Å². The summed E-state index contributed by atoms with van der Waals surface area (Å²) in [5.41, 5.74) is 0. The van der Waals surface area contributed by atoms with Gasteiger partial charge in [0.15, 0.2) is 6.29 Å². The molecule has 1 unspecified atom stereocenters. The van der Waals surface area contributed by atoms with Gasteiger partial charge in [0.1, 0.15) is 18.3 Å². The van der Waals surface area contributed by atoms with Crippen molar-refractivity contribution in [2.24, 2.45) is 0 Å². The predicted octanol–water partition coefficient (Wildman–Crippen LogP) is -2.58. The Morgan fingerprint density at radius 3 is 2.10 bits per heavy atom. The van der Waals surface area contributed by atoms with Crippen LogP contribution in [-0.2, 0) is 4.74 Å². The van der Waals surface area contributed by atoms with Gasteiger partial charge in [0, 0.05) is 0 Å². The van der Waals surface area contributed by atoms with Gasteiger partial charge in [-0.15, -0.1) is 0 Å². The fraction of sp³-hybridized carbons (Fsp3) is 1.00. The van der Waals surface area contributed by atoms with Crippen LogP contribution in [0, 0.1) is 0 Å². The van der Waals surface area contributed by atoms with Crippen LogP contribution in [0.2, 0.25) is 0 Å². The maximum Gasteiger partial charge on any atom is 0.183 e. The van der Waals surface area contributed by atoms with Crippen molar-refractivity contribution in [3.63, 3.8) is 0 Å². The van der Waals surface area contributed by atoms with Gasteiger partial charge >= 0.3 is 0 Å². The lowest BCUT2D eigenvalue weighted by Crippen LogP contribution is -2.52. The van der Waals surface area contributed by atoms with E-state index in [-0.39, 0.29) is 6.61 Å². The zero-order valence-electron chi connectivity index (χ0n) is 5.21. The monoisotopic (exact) mass is 151 g/mol. The minimum absolute atomic E-state index is 0.153. The molecular formula is C5H10O5. The quantitative estimate of drug-likeness (QED) is 0.285. The van der Waals surface area contributed by atoms with Crippen LogP contribution >= 0.6 is 0 Å². The Labute approximate surface area is 57.5 Å². The van der Waals surface area contributed by atoms with E-state index in [1.807, 2.05) is 0 Å². The highest BCUT2D eigenvalue weighted by atomic mass is 16.6. The van der Waals surface area contributed by atoms with Crippen LogP contribution in [-0.4, -0.2) is 51.6 Å². The first-order valence-electron chi connectivity index (χ1n) is 2.97. The number of hydrogen-bond acceptors (Lipinski definition) is 5. The predicted molar refractivity (Wildman–Crippen MR) is 30.0 cm³/mol. The molecule has 1 fully saturated rings. The summed E-state index contributed by atoms with van der Waals surface area (Å²) in [6.45, 7) is -0.153. The molecule has 1 heterocycles. The van der Waals surface area contributed by atoms with Crippen LogP contribution in [0.4, 0.5) is 0 Å². The van der Waals surface area contributed by atoms with Crippen LogP contribution in [0.3, 0.4) is 0 Å². The minimum atomic E-state index is -1.41. The number of aliphatic hydroxyl groups is 4. The third kappa shape index (κ3) is 1.28. The summed E-state index contributed by atoms with van der Waals surface area (Å²) in [7, 11) is 0. The maximum absolute atomic E-state index is 8.88. The van der Waals surface area contributed by atoms with Crippen LogP contribution in [0.1, 0.15) is 0 Å². The summed E-state index contributed by atoms with van der Waals surface area (Å²) in [6, 6.07) is 0. The van der Waals surface area contributed by atoms with Gasteiger partial charge < -0.3 is 25.2 Å². The van der Waals surface area contributed by atoms with Gasteiger partial charge in [-0.1, -0.05) is 0 Å². The molecule has 4 atom stereocenters. The first-order valence-corrected chi connectivity index (χ1v) is 2.97. The highest BCUT2D eigenvalue weighted by Gasteiger charge is 2.36. The normalized spacial score (nSPS) is 49.2. The van der Waals surface area contributed by atoms with Gasteiger partial charge in [0.05, 0.1) is 6.61 Å².